The predicted molar refractivity (Wildman–Crippen MR) is 506 cm³/mol. The summed E-state index contributed by atoms with van der Waals surface area (Å²) in [6.07, 6.45) is 0. The van der Waals surface area contributed by atoms with Crippen molar-refractivity contribution in [1.29, 1.82) is 0 Å². The van der Waals surface area contributed by atoms with Crippen LogP contribution in [0.5, 0.6) is 0 Å². The lowest BCUT2D eigenvalue weighted by Gasteiger charge is -2.18. The minimum absolute atomic E-state index is 0.917. The van der Waals surface area contributed by atoms with Crippen molar-refractivity contribution >= 4 is 184 Å². The fourth-order valence-electron chi connectivity index (χ4n) is 19.5. The van der Waals surface area contributed by atoms with E-state index in [9.17, 15) is 0 Å². The highest BCUT2D eigenvalue weighted by molar-refractivity contribution is 6.27. The van der Waals surface area contributed by atoms with Crippen molar-refractivity contribution in [1.82, 2.24) is 0 Å². The first-order chi connectivity index (χ1) is 59.0. The van der Waals surface area contributed by atoms with Crippen molar-refractivity contribution in [3.05, 3.63) is 425 Å². The van der Waals surface area contributed by atoms with Gasteiger partial charge in [0.05, 0.1) is 0 Å². The van der Waals surface area contributed by atoms with Gasteiger partial charge in [0.2, 0.25) is 0 Å². The Morgan fingerprint density at radius 3 is 0.689 bits per heavy atom. The van der Waals surface area contributed by atoms with Gasteiger partial charge in [-0.25, -0.2) is 0 Å². The highest BCUT2D eigenvalue weighted by Crippen LogP contribution is 2.51. The maximum Gasteiger partial charge on any atom is 0.136 e. The van der Waals surface area contributed by atoms with Gasteiger partial charge in [0.25, 0.3) is 0 Å². The average Bonchev–Trinajstić information content (AvgIpc) is 1.49. The summed E-state index contributed by atoms with van der Waals surface area (Å²) in [6.45, 7) is 0. The molecular formula is C116H70O3. The number of furan rings is 3. The lowest BCUT2D eigenvalue weighted by molar-refractivity contribution is 0.669. The van der Waals surface area contributed by atoms with Crippen LogP contribution < -0.4 is 0 Å². The Hall–Kier alpha value is -15.7. The summed E-state index contributed by atoms with van der Waals surface area (Å²) in [5.41, 5.74) is 20.5. The quantitative estimate of drug-likeness (QED) is 0.156. The second-order valence-corrected chi connectivity index (χ2v) is 31.5. The van der Waals surface area contributed by atoms with Crippen molar-refractivity contribution in [3.63, 3.8) is 0 Å². The van der Waals surface area contributed by atoms with E-state index in [0.29, 0.717) is 0 Å². The van der Waals surface area contributed by atoms with Gasteiger partial charge in [-0.05, 0) is 264 Å². The number of rotatable bonds is 6. The molecule has 0 saturated heterocycles. The summed E-state index contributed by atoms with van der Waals surface area (Å²) in [4.78, 5) is 0. The molecule has 0 fully saturated rings. The molecule has 23 aromatic carbocycles. The molecule has 26 rings (SSSR count). The van der Waals surface area contributed by atoms with Crippen LogP contribution in [0.15, 0.2) is 438 Å². The summed E-state index contributed by atoms with van der Waals surface area (Å²) >= 11 is 0. The minimum Gasteiger partial charge on any atom is -0.456 e. The number of hydrogen-bond acceptors (Lipinski definition) is 3. The number of benzene rings is 23. The molecule has 0 radical (unpaired) electrons. The Balaban J connectivity index is 0.000000102. The van der Waals surface area contributed by atoms with E-state index in [1.54, 1.807) is 0 Å². The first-order valence-electron chi connectivity index (χ1n) is 40.9. The first-order valence-corrected chi connectivity index (χ1v) is 40.9. The second kappa shape index (κ2) is 27.5. The fourth-order valence-corrected chi connectivity index (χ4v) is 19.5. The maximum atomic E-state index is 6.34. The third-order valence-electron chi connectivity index (χ3n) is 24.8. The second-order valence-electron chi connectivity index (χ2n) is 31.5. The van der Waals surface area contributed by atoms with Gasteiger partial charge in [-0.2, -0.15) is 0 Å². The van der Waals surface area contributed by atoms with Gasteiger partial charge in [-0.15, -0.1) is 0 Å². The van der Waals surface area contributed by atoms with Gasteiger partial charge < -0.3 is 13.3 Å². The van der Waals surface area contributed by atoms with E-state index in [1.165, 1.54) is 185 Å². The summed E-state index contributed by atoms with van der Waals surface area (Å²) in [7, 11) is 0. The zero-order valence-electron chi connectivity index (χ0n) is 64.6. The van der Waals surface area contributed by atoms with Crippen molar-refractivity contribution in [2.24, 2.45) is 0 Å². The molecule has 552 valence electrons. The van der Waals surface area contributed by atoms with Crippen LogP contribution in [0, 0.1) is 0 Å². The van der Waals surface area contributed by atoms with Crippen molar-refractivity contribution in [2.75, 3.05) is 0 Å². The van der Waals surface area contributed by atoms with Gasteiger partial charge in [-0.1, -0.05) is 346 Å². The van der Waals surface area contributed by atoms with E-state index >= 15 is 0 Å². The minimum atomic E-state index is 0.917. The molecule has 0 N–H and O–H groups in total. The predicted octanol–water partition coefficient (Wildman–Crippen LogP) is 33.4. The highest BCUT2D eigenvalue weighted by atomic mass is 16.3. The first kappa shape index (κ1) is 67.8. The van der Waals surface area contributed by atoms with Crippen LogP contribution in [-0.2, 0) is 0 Å². The SMILES string of the molecule is c1ccc(-c2c3ccccc3c(-c3ccc4oc5cc6ccccc6cc5c4c3)c3ccccc23)cc1.c1ccc2cc(-c3c4ccccc4c(-c4ccc5oc6cc7ccccc7cc6c5c4)c4ccccc34)ccc2c1.c1ccc2cc3c(cc2c1)oc1ccc(-c2c4ccccc4c(-c4cccc5ccccc45)c4ccccc24)cc13. The lowest BCUT2D eigenvalue weighted by atomic mass is 9.84. The zero-order valence-corrected chi connectivity index (χ0v) is 64.6. The zero-order chi connectivity index (χ0) is 78.2. The van der Waals surface area contributed by atoms with Crippen LogP contribution in [0.3, 0.4) is 0 Å². The topological polar surface area (TPSA) is 39.4 Å². The molecule has 3 heterocycles. The molecule has 0 atom stereocenters. The number of fused-ring (bicyclic) bond motifs is 20. The third kappa shape index (κ3) is 11.2. The fraction of sp³-hybridized carbons (Fsp3) is 0. The van der Waals surface area contributed by atoms with E-state index in [0.717, 1.165) is 65.8 Å². The number of hydrogen-bond donors (Lipinski definition) is 0. The highest BCUT2D eigenvalue weighted by Gasteiger charge is 2.24. The normalized spacial score (nSPS) is 11.9. The molecule has 26 aromatic rings. The van der Waals surface area contributed by atoms with Crippen LogP contribution in [0.25, 0.3) is 251 Å². The molecule has 0 aliphatic carbocycles. The Bertz CT molecular complexity index is 8510. The van der Waals surface area contributed by atoms with Crippen LogP contribution in [0.4, 0.5) is 0 Å². The molecule has 0 spiro atoms. The molecule has 119 heavy (non-hydrogen) atoms. The van der Waals surface area contributed by atoms with Crippen molar-refractivity contribution in [2.45, 2.75) is 0 Å². The average molecular weight is 1510 g/mol. The molecule has 0 bridgehead atoms. The molecular weight excluding hydrogens is 1440 g/mol. The molecule has 0 unspecified atom stereocenters. The smallest absolute Gasteiger partial charge is 0.136 e. The molecule has 3 aromatic heterocycles. The van der Waals surface area contributed by atoms with E-state index in [1.807, 2.05) is 0 Å². The Morgan fingerprint density at radius 1 is 0.109 bits per heavy atom. The molecule has 0 amide bonds. The summed E-state index contributed by atoms with van der Waals surface area (Å²) in [5.74, 6) is 0. The van der Waals surface area contributed by atoms with Crippen LogP contribution in [-0.4, -0.2) is 0 Å². The summed E-state index contributed by atoms with van der Waals surface area (Å²) < 4.78 is 19.0. The van der Waals surface area contributed by atoms with Crippen molar-refractivity contribution in [3.8, 4) is 66.8 Å². The summed E-state index contributed by atoms with van der Waals surface area (Å²) in [6, 6.07) is 153. The van der Waals surface area contributed by atoms with Gasteiger partial charge in [0.15, 0.2) is 0 Å². The van der Waals surface area contributed by atoms with Crippen molar-refractivity contribution < 1.29 is 13.3 Å². The molecule has 0 saturated carbocycles. The lowest BCUT2D eigenvalue weighted by Crippen LogP contribution is -1.91. The van der Waals surface area contributed by atoms with Crippen LogP contribution in [0.1, 0.15) is 0 Å². The van der Waals surface area contributed by atoms with E-state index in [4.69, 9.17) is 13.3 Å². The maximum absolute atomic E-state index is 6.34. The standard InChI is InChI=1S/2C40H24O.C36H22O/c1-2-12-27-24-38-36(22-26(27)11-1)35-23-28(20-21-37(35)41-38)39-31-15-5-7-17-33(31)40(34-18-8-6-16-32(34)39)30-19-9-13-25-10-3-4-14-29(25)30;1-2-10-26-21-29(18-17-25(26)9-1)39-31-13-5-7-15-33(31)40(34-16-8-6-14-32(34)39)30-19-20-37-35(23-30)36-22-27-11-3-4-12-28(27)24-38(36)41-37;1-2-10-23(11-3-1)35-27-14-6-8-16-29(27)36(30-17-9-7-15-28(30)35)26-18-19-33-31(21-26)32-20-24-12-4-5-13-25(24)22-34(32)37-33/h2*1-24H;1-22H. The Labute approximate surface area is 684 Å². The summed E-state index contributed by atoms with van der Waals surface area (Å²) in [5, 5.41) is 34.4. The molecule has 3 nitrogen and oxygen atoms in total. The largest absolute Gasteiger partial charge is 0.456 e. The van der Waals surface area contributed by atoms with Gasteiger partial charge in [-0.3, -0.25) is 0 Å². The van der Waals surface area contributed by atoms with E-state index in [-0.39, 0.29) is 0 Å². The third-order valence-corrected chi connectivity index (χ3v) is 24.8. The van der Waals surface area contributed by atoms with Crippen LogP contribution in [0.2, 0.25) is 0 Å². The Morgan fingerprint density at radius 2 is 0.345 bits per heavy atom. The Kier molecular flexibility index (Phi) is 15.7. The van der Waals surface area contributed by atoms with E-state index < -0.39 is 0 Å². The van der Waals surface area contributed by atoms with Gasteiger partial charge in [0.1, 0.15) is 33.5 Å². The van der Waals surface area contributed by atoms with Crippen LogP contribution >= 0.6 is 0 Å². The van der Waals surface area contributed by atoms with E-state index in [2.05, 4.69) is 425 Å². The molecule has 0 aliphatic heterocycles. The van der Waals surface area contributed by atoms with Gasteiger partial charge >= 0.3 is 0 Å². The monoisotopic (exact) mass is 1510 g/mol. The molecule has 0 aliphatic rings. The van der Waals surface area contributed by atoms with Gasteiger partial charge in [0, 0.05) is 32.3 Å². The molecule has 3 heteroatoms.